The third-order valence-corrected chi connectivity index (χ3v) is 8.06. The van der Waals surface area contributed by atoms with Crippen LogP contribution in [0.5, 0.6) is 11.5 Å². The van der Waals surface area contributed by atoms with Gasteiger partial charge in [-0.05, 0) is 95.9 Å². The van der Waals surface area contributed by atoms with Crippen LogP contribution in [0.4, 0.5) is 0 Å². The molecule has 50 heavy (non-hydrogen) atoms. The first kappa shape index (κ1) is 33.8. The second-order valence-electron chi connectivity index (χ2n) is 12.8. The summed E-state index contributed by atoms with van der Waals surface area (Å²) in [5.41, 5.74) is 8.66. The molecule has 0 unspecified atom stereocenters. The molecule has 0 bridgehead atoms. The molecule has 0 saturated carbocycles. The Kier molecular flexibility index (Phi) is 10.7. The lowest BCUT2D eigenvalue weighted by molar-refractivity contribution is 0.299. The summed E-state index contributed by atoms with van der Waals surface area (Å²) in [6.07, 6.45) is 18.9. The Balaban J connectivity index is 0.000000373. The van der Waals surface area contributed by atoms with Gasteiger partial charge in [-0.25, -0.2) is 9.67 Å². The van der Waals surface area contributed by atoms with Crippen LogP contribution >= 0.6 is 0 Å². The van der Waals surface area contributed by atoms with Crippen LogP contribution in [0.2, 0.25) is 0 Å². The van der Waals surface area contributed by atoms with Crippen molar-refractivity contribution in [2.24, 2.45) is 0 Å². The third-order valence-electron chi connectivity index (χ3n) is 8.06. The number of nitrogens with zero attached hydrogens (tertiary/aromatic N) is 5. The molecule has 4 aromatic heterocycles. The van der Waals surface area contributed by atoms with E-state index in [-0.39, 0.29) is 5.41 Å². The van der Waals surface area contributed by atoms with Crippen molar-refractivity contribution in [2.75, 3.05) is 7.11 Å². The standard InChI is InChI=1S/C34H28N4O2.C9H13N/c1-39-33-23-32(40-24-30-9-2-4-19-35-30)18-15-27(33)14-16-29-22-31(38(37-29)34-10-3-5-20-36-34)17-12-25-11-13-26-7-6-8-28(26)21-25;1-9(2,3)8-6-4-5-7-10-8/h2-7,9-23H,8,24H2,1H3;4-7H,1-3H3/b16-14+,17-12+;. The van der Waals surface area contributed by atoms with Crippen molar-refractivity contribution in [2.45, 2.75) is 39.2 Å². The highest BCUT2D eigenvalue weighted by Gasteiger charge is 2.13. The van der Waals surface area contributed by atoms with Crippen molar-refractivity contribution in [3.63, 3.8) is 0 Å². The molecular formula is C43H41N5O2. The molecule has 1 aliphatic carbocycles. The van der Waals surface area contributed by atoms with Gasteiger partial charge in [-0.2, -0.15) is 5.10 Å². The number of allylic oxidation sites excluding steroid dienone is 1. The smallest absolute Gasteiger partial charge is 0.153 e. The maximum absolute atomic E-state index is 5.91. The molecule has 1 aliphatic rings. The number of hydrogen-bond acceptors (Lipinski definition) is 6. The number of hydrogen-bond donors (Lipinski definition) is 0. The highest BCUT2D eigenvalue weighted by molar-refractivity contribution is 5.75. The lowest BCUT2D eigenvalue weighted by Crippen LogP contribution is -2.12. The van der Waals surface area contributed by atoms with E-state index in [1.54, 1.807) is 19.5 Å². The van der Waals surface area contributed by atoms with Gasteiger partial charge in [0.2, 0.25) is 0 Å². The Morgan fingerprint density at radius 1 is 0.760 bits per heavy atom. The first-order chi connectivity index (χ1) is 24.4. The summed E-state index contributed by atoms with van der Waals surface area (Å²) in [5, 5.41) is 4.84. The molecule has 0 amide bonds. The van der Waals surface area contributed by atoms with E-state index in [1.807, 2.05) is 95.8 Å². The second-order valence-corrected chi connectivity index (χ2v) is 12.8. The number of benzene rings is 2. The number of pyridine rings is 3. The molecule has 0 saturated heterocycles. The lowest BCUT2D eigenvalue weighted by Gasteiger charge is -2.16. The van der Waals surface area contributed by atoms with Crippen LogP contribution in [0.3, 0.4) is 0 Å². The summed E-state index contributed by atoms with van der Waals surface area (Å²) in [6.45, 7) is 6.88. The molecule has 6 aromatic rings. The molecule has 0 atom stereocenters. The quantitative estimate of drug-likeness (QED) is 0.154. The van der Waals surface area contributed by atoms with Gasteiger partial charge in [-0.3, -0.25) is 9.97 Å². The van der Waals surface area contributed by atoms with E-state index in [0.717, 1.165) is 46.1 Å². The SMILES string of the molecule is CC(C)(C)c1ccccn1.COc1cc(OCc2ccccn2)ccc1/C=C/c1cc(/C=C/c2ccc3c(c2)CC=C3)n(-c2ccccn2)n1. The molecule has 0 radical (unpaired) electrons. The van der Waals surface area contributed by atoms with E-state index < -0.39 is 0 Å². The molecule has 250 valence electrons. The number of aromatic nitrogens is 5. The fourth-order valence-corrected chi connectivity index (χ4v) is 5.38. The molecule has 0 aliphatic heterocycles. The molecule has 7 rings (SSSR count). The van der Waals surface area contributed by atoms with Crippen molar-refractivity contribution in [1.82, 2.24) is 24.7 Å². The zero-order chi connectivity index (χ0) is 34.8. The zero-order valence-corrected chi connectivity index (χ0v) is 28.9. The predicted octanol–water partition coefficient (Wildman–Crippen LogP) is 9.54. The van der Waals surface area contributed by atoms with Crippen LogP contribution in [0, 0.1) is 0 Å². The molecular weight excluding hydrogens is 619 g/mol. The van der Waals surface area contributed by atoms with Crippen LogP contribution in [-0.4, -0.2) is 31.8 Å². The van der Waals surface area contributed by atoms with Crippen molar-refractivity contribution in [3.8, 4) is 17.3 Å². The fraction of sp³-hybridized carbons (Fsp3) is 0.163. The van der Waals surface area contributed by atoms with Crippen LogP contribution in [0.15, 0.2) is 122 Å². The monoisotopic (exact) mass is 659 g/mol. The van der Waals surface area contributed by atoms with Gasteiger partial charge < -0.3 is 9.47 Å². The summed E-state index contributed by atoms with van der Waals surface area (Å²) in [4.78, 5) is 13.1. The van der Waals surface area contributed by atoms with Crippen LogP contribution in [-0.2, 0) is 18.4 Å². The van der Waals surface area contributed by atoms with Crippen LogP contribution in [0.1, 0.15) is 65.8 Å². The number of methoxy groups -OCH3 is 1. The largest absolute Gasteiger partial charge is 0.496 e. The van der Waals surface area contributed by atoms with Crippen molar-refractivity contribution < 1.29 is 9.47 Å². The Morgan fingerprint density at radius 2 is 1.56 bits per heavy atom. The summed E-state index contributed by atoms with van der Waals surface area (Å²) < 4.78 is 13.4. The van der Waals surface area contributed by atoms with Gasteiger partial charge >= 0.3 is 0 Å². The minimum Gasteiger partial charge on any atom is -0.496 e. The van der Waals surface area contributed by atoms with E-state index in [4.69, 9.17) is 14.6 Å². The molecule has 4 heterocycles. The third kappa shape index (κ3) is 8.88. The van der Waals surface area contributed by atoms with Crippen molar-refractivity contribution in [3.05, 3.63) is 167 Å². The highest BCUT2D eigenvalue weighted by Crippen LogP contribution is 2.28. The Hall–Kier alpha value is -6.08. The molecule has 2 aromatic carbocycles. The van der Waals surface area contributed by atoms with Crippen molar-refractivity contribution >= 4 is 30.4 Å². The maximum atomic E-state index is 5.91. The number of rotatable bonds is 9. The Morgan fingerprint density at radius 3 is 2.26 bits per heavy atom. The van der Waals surface area contributed by atoms with Gasteiger partial charge in [0.05, 0.1) is 24.2 Å². The summed E-state index contributed by atoms with van der Waals surface area (Å²) in [5.74, 6) is 2.19. The average molecular weight is 660 g/mol. The van der Waals surface area contributed by atoms with E-state index in [0.29, 0.717) is 18.1 Å². The molecule has 0 spiro atoms. The van der Waals surface area contributed by atoms with Gasteiger partial charge in [0, 0.05) is 41.3 Å². The second kappa shape index (κ2) is 15.9. The lowest BCUT2D eigenvalue weighted by atomic mass is 9.92. The maximum Gasteiger partial charge on any atom is 0.153 e. The average Bonchev–Trinajstić information content (AvgIpc) is 3.80. The highest BCUT2D eigenvalue weighted by atomic mass is 16.5. The predicted molar refractivity (Wildman–Crippen MR) is 203 cm³/mol. The summed E-state index contributed by atoms with van der Waals surface area (Å²) in [6, 6.07) is 32.0. The summed E-state index contributed by atoms with van der Waals surface area (Å²) >= 11 is 0. The van der Waals surface area contributed by atoms with Gasteiger partial charge in [-0.15, -0.1) is 0 Å². The molecule has 7 heteroatoms. The minimum absolute atomic E-state index is 0.182. The number of fused-ring (bicyclic) bond motifs is 1. The Labute approximate surface area is 294 Å². The van der Waals surface area contributed by atoms with Crippen LogP contribution < -0.4 is 9.47 Å². The summed E-state index contributed by atoms with van der Waals surface area (Å²) in [7, 11) is 1.66. The van der Waals surface area contributed by atoms with Gasteiger partial charge in [0.25, 0.3) is 0 Å². The van der Waals surface area contributed by atoms with Gasteiger partial charge in [-0.1, -0.05) is 75.4 Å². The van der Waals surface area contributed by atoms with E-state index >= 15 is 0 Å². The first-order valence-corrected chi connectivity index (χ1v) is 16.6. The van der Waals surface area contributed by atoms with Crippen LogP contribution in [0.25, 0.3) is 36.2 Å². The normalized spacial score (nSPS) is 12.2. The van der Waals surface area contributed by atoms with E-state index in [1.165, 1.54) is 11.1 Å². The minimum atomic E-state index is 0.182. The topological polar surface area (TPSA) is 75.0 Å². The molecule has 0 fully saturated rings. The fourth-order valence-electron chi connectivity index (χ4n) is 5.38. The van der Waals surface area contributed by atoms with Crippen molar-refractivity contribution in [1.29, 1.82) is 0 Å². The van der Waals surface area contributed by atoms with Gasteiger partial charge in [0.15, 0.2) is 5.82 Å². The Bertz CT molecular complexity index is 2090. The molecule has 0 N–H and O–H groups in total. The zero-order valence-electron chi connectivity index (χ0n) is 28.9. The number of ether oxygens (including phenoxy) is 2. The van der Waals surface area contributed by atoms with E-state index in [2.05, 4.69) is 84.3 Å². The molecule has 7 nitrogen and oxygen atoms in total. The van der Waals surface area contributed by atoms with E-state index in [9.17, 15) is 0 Å². The van der Waals surface area contributed by atoms with Gasteiger partial charge in [0.1, 0.15) is 18.1 Å². The first-order valence-electron chi connectivity index (χ1n) is 16.6.